The monoisotopic (exact) mass is 359 g/mol. The molecule has 0 aliphatic rings. The van der Waals surface area contributed by atoms with Crippen molar-refractivity contribution in [2.24, 2.45) is 0 Å². The first-order chi connectivity index (χ1) is 9.40. The van der Waals surface area contributed by atoms with E-state index >= 15 is 0 Å². The number of hydrogen-bond acceptors (Lipinski definition) is 1. The van der Waals surface area contributed by atoms with Gasteiger partial charge in [0.1, 0.15) is 11.6 Å². The molecule has 2 nitrogen and oxygen atoms in total. The number of nitrogens with one attached hydrogen (secondary N) is 1. The predicted molar refractivity (Wildman–Crippen MR) is 78.2 cm³/mol. The van der Waals surface area contributed by atoms with Crippen LogP contribution in [-0.2, 0) is 0 Å². The van der Waals surface area contributed by atoms with Gasteiger partial charge >= 0.3 is 0 Å². The zero-order chi connectivity index (χ0) is 14.9. The van der Waals surface area contributed by atoms with Gasteiger partial charge in [-0.2, -0.15) is 0 Å². The number of benzene rings is 2. The molecule has 0 saturated heterocycles. The Morgan fingerprint density at radius 3 is 2.65 bits per heavy atom. The Morgan fingerprint density at radius 1 is 1.25 bits per heavy atom. The molecule has 0 aromatic heterocycles. The Kier molecular flexibility index (Phi) is 4.40. The number of halogens is 4. The van der Waals surface area contributed by atoms with Crippen LogP contribution in [0.1, 0.15) is 15.9 Å². The minimum absolute atomic E-state index is 0.365. The summed E-state index contributed by atoms with van der Waals surface area (Å²) in [4.78, 5) is 12.0. The third kappa shape index (κ3) is 2.99. The Balaban J connectivity index is 2.33. The smallest absolute Gasteiger partial charge is 0.258 e. The Labute approximate surface area is 127 Å². The second-order valence-corrected chi connectivity index (χ2v) is 5.34. The van der Waals surface area contributed by atoms with Crippen LogP contribution in [0.3, 0.4) is 0 Å². The average Bonchev–Trinajstić information content (AvgIpc) is 2.39. The van der Waals surface area contributed by atoms with Crippen LogP contribution in [0.25, 0.3) is 0 Å². The molecule has 20 heavy (non-hydrogen) atoms. The molecule has 0 radical (unpaired) electrons. The fraction of sp³-hybridized carbons (Fsp3) is 0.0714. The topological polar surface area (TPSA) is 29.1 Å². The van der Waals surface area contributed by atoms with Crippen molar-refractivity contribution in [3.63, 3.8) is 0 Å². The van der Waals surface area contributed by atoms with Gasteiger partial charge in [-0.15, -0.1) is 0 Å². The number of aryl methyl sites for hydroxylation is 1. The number of hydrogen-bond donors (Lipinski definition) is 1. The second-order valence-electron chi connectivity index (χ2n) is 4.14. The first-order valence-corrected chi connectivity index (χ1v) is 6.78. The highest BCUT2D eigenvalue weighted by Crippen LogP contribution is 2.27. The standard InChI is InChI=1S/C14H9BrClF2NO/c1-7-3-2-4-12(13(7)15)19-14(20)8-5-11(18)9(16)6-10(8)17/h2-6H,1H3,(H,19,20). The molecule has 6 heteroatoms. The van der Waals surface area contributed by atoms with Gasteiger partial charge in [-0.05, 0) is 46.6 Å². The van der Waals surface area contributed by atoms with Crippen LogP contribution in [0.5, 0.6) is 0 Å². The van der Waals surface area contributed by atoms with E-state index in [1.165, 1.54) is 0 Å². The average molecular weight is 361 g/mol. The Hall–Kier alpha value is -1.46. The van der Waals surface area contributed by atoms with E-state index < -0.39 is 23.1 Å². The van der Waals surface area contributed by atoms with Crippen molar-refractivity contribution >= 4 is 39.1 Å². The third-order valence-electron chi connectivity index (χ3n) is 2.69. The van der Waals surface area contributed by atoms with E-state index in [9.17, 15) is 13.6 Å². The number of carbonyl (C=O) groups is 1. The van der Waals surface area contributed by atoms with Gasteiger partial charge in [0.15, 0.2) is 0 Å². The van der Waals surface area contributed by atoms with Crippen molar-refractivity contribution in [3.8, 4) is 0 Å². The van der Waals surface area contributed by atoms with Crippen molar-refractivity contribution in [2.75, 3.05) is 5.32 Å². The Bertz CT molecular complexity index is 691. The summed E-state index contributed by atoms with van der Waals surface area (Å²) in [5.74, 6) is -2.47. The SMILES string of the molecule is Cc1cccc(NC(=O)c2cc(F)c(Cl)cc2F)c1Br. The summed E-state index contributed by atoms with van der Waals surface area (Å²) in [6.45, 7) is 1.85. The molecule has 0 heterocycles. The number of carbonyl (C=O) groups excluding carboxylic acids is 1. The molecule has 0 unspecified atom stereocenters. The highest BCUT2D eigenvalue weighted by Gasteiger charge is 2.16. The van der Waals surface area contributed by atoms with Crippen LogP contribution in [0, 0.1) is 18.6 Å². The van der Waals surface area contributed by atoms with Crippen LogP contribution in [0.2, 0.25) is 5.02 Å². The van der Waals surface area contributed by atoms with E-state index in [4.69, 9.17) is 11.6 Å². The quantitative estimate of drug-likeness (QED) is 0.755. The predicted octanol–water partition coefficient (Wildman–Crippen LogP) is 4.94. The highest BCUT2D eigenvalue weighted by atomic mass is 79.9. The first kappa shape index (κ1) is 14.9. The maximum atomic E-state index is 13.6. The van der Waals surface area contributed by atoms with Crippen molar-refractivity contribution < 1.29 is 13.6 Å². The second kappa shape index (κ2) is 5.89. The van der Waals surface area contributed by atoms with Crippen LogP contribution in [0.4, 0.5) is 14.5 Å². The number of anilines is 1. The molecule has 1 N–H and O–H groups in total. The molecular formula is C14H9BrClF2NO. The maximum absolute atomic E-state index is 13.6. The van der Waals surface area contributed by atoms with E-state index in [0.29, 0.717) is 10.2 Å². The molecule has 0 fully saturated rings. The summed E-state index contributed by atoms with van der Waals surface area (Å²) >= 11 is 8.76. The lowest BCUT2D eigenvalue weighted by Gasteiger charge is -2.10. The summed E-state index contributed by atoms with van der Waals surface area (Å²) in [6.07, 6.45) is 0. The zero-order valence-corrected chi connectivity index (χ0v) is 12.6. The van der Waals surface area contributed by atoms with Gasteiger partial charge in [0.25, 0.3) is 5.91 Å². The van der Waals surface area contributed by atoms with Gasteiger partial charge in [-0.1, -0.05) is 23.7 Å². The lowest BCUT2D eigenvalue weighted by Crippen LogP contribution is -2.14. The van der Waals surface area contributed by atoms with Crippen molar-refractivity contribution in [2.45, 2.75) is 6.92 Å². The van der Waals surface area contributed by atoms with Crippen LogP contribution in [-0.4, -0.2) is 5.91 Å². The van der Waals surface area contributed by atoms with Gasteiger partial charge < -0.3 is 5.32 Å². The minimum Gasteiger partial charge on any atom is -0.321 e. The first-order valence-electron chi connectivity index (χ1n) is 5.61. The molecule has 0 aliphatic heterocycles. The zero-order valence-electron chi connectivity index (χ0n) is 10.3. The summed E-state index contributed by atoms with van der Waals surface area (Å²) in [6, 6.07) is 6.80. The van der Waals surface area contributed by atoms with Gasteiger partial charge in [-0.25, -0.2) is 8.78 Å². The van der Waals surface area contributed by atoms with E-state index in [1.54, 1.807) is 12.1 Å². The van der Waals surface area contributed by atoms with Crippen LogP contribution >= 0.6 is 27.5 Å². The van der Waals surface area contributed by atoms with Crippen molar-refractivity contribution in [1.82, 2.24) is 0 Å². The lowest BCUT2D eigenvalue weighted by atomic mass is 10.1. The molecule has 2 aromatic rings. The third-order valence-corrected chi connectivity index (χ3v) is 4.04. The van der Waals surface area contributed by atoms with E-state index in [-0.39, 0.29) is 5.02 Å². The lowest BCUT2D eigenvalue weighted by molar-refractivity contribution is 0.102. The molecule has 104 valence electrons. The number of amides is 1. The molecule has 1 amide bonds. The summed E-state index contributed by atoms with van der Waals surface area (Å²) in [5.41, 5.74) is 0.982. The molecule has 0 bridgehead atoms. The van der Waals surface area contributed by atoms with Crippen molar-refractivity contribution in [1.29, 1.82) is 0 Å². The van der Waals surface area contributed by atoms with E-state index in [1.807, 2.05) is 13.0 Å². The summed E-state index contributed by atoms with van der Waals surface area (Å²) in [5, 5.41) is 2.15. The normalized spacial score (nSPS) is 10.4. The summed E-state index contributed by atoms with van der Waals surface area (Å²) < 4.78 is 27.6. The minimum atomic E-state index is -0.877. The van der Waals surface area contributed by atoms with Gasteiger partial charge in [-0.3, -0.25) is 4.79 Å². The van der Waals surface area contributed by atoms with E-state index in [2.05, 4.69) is 21.2 Å². The maximum Gasteiger partial charge on any atom is 0.258 e. The fourth-order valence-electron chi connectivity index (χ4n) is 1.63. The van der Waals surface area contributed by atoms with Gasteiger partial charge in [0.05, 0.1) is 16.3 Å². The Morgan fingerprint density at radius 2 is 1.95 bits per heavy atom. The van der Waals surface area contributed by atoms with Crippen LogP contribution in [0.15, 0.2) is 34.8 Å². The van der Waals surface area contributed by atoms with Crippen molar-refractivity contribution in [3.05, 3.63) is 62.6 Å². The number of rotatable bonds is 2. The largest absolute Gasteiger partial charge is 0.321 e. The molecule has 0 spiro atoms. The summed E-state index contributed by atoms with van der Waals surface area (Å²) in [7, 11) is 0. The fourth-order valence-corrected chi connectivity index (χ4v) is 2.14. The molecule has 2 aromatic carbocycles. The van der Waals surface area contributed by atoms with Gasteiger partial charge in [0.2, 0.25) is 0 Å². The molecule has 0 aliphatic carbocycles. The van der Waals surface area contributed by atoms with E-state index in [0.717, 1.165) is 17.7 Å². The molecule has 0 atom stereocenters. The molecule has 0 saturated carbocycles. The molecular weight excluding hydrogens is 352 g/mol. The van der Waals surface area contributed by atoms with Gasteiger partial charge in [0, 0.05) is 4.47 Å². The highest BCUT2D eigenvalue weighted by molar-refractivity contribution is 9.10. The molecule has 2 rings (SSSR count). The van der Waals surface area contributed by atoms with Crippen LogP contribution < -0.4 is 5.32 Å².